The third-order valence-electron chi connectivity index (χ3n) is 5.85. The first kappa shape index (κ1) is 18.5. The van der Waals surface area contributed by atoms with E-state index in [-0.39, 0.29) is 12.0 Å². The van der Waals surface area contributed by atoms with E-state index in [1.807, 2.05) is 11.9 Å². The maximum atomic E-state index is 12.4. The average Bonchev–Trinajstić information content (AvgIpc) is 3.35. The van der Waals surface area contributed by atoms with E-state index in [2.05, 4.69) is 15.2 Å². The number of carbonyl (C=O) groups is 1. The van der Waals surface area contributed by atoms with Crippen LogP contribution in [0.15, 0.2) is 4.99 Å². The topological polar surface area (TPSA) is 57.2 Å². The Morgan fingerprint density at radius 1 is 1.08 bits per heavy atom. The van der Waals surface area contributed by atoms with Gasteiger partial charge in [0.25, 0.3) is 5.91 Å². The van der Waals surface area contributed by atoms with Crippen molar-refractivity contribution in [3.05, 3.63) is 0 Å². The Kier molecular flexibility index (Phi) is 6.96. The van der Waals surface area contributed by atoms with Crippen molar-refractivity contribution < 1.29 is 9.53 Å². The van der Waals surface area contributed by atoms with Crippen LogP contribution in [0.1, 0.15) is 51.4 Å². The first-order valence-corrected chi connectivity index (χ1v) is 10.1. The van der Waals surface area contributed by atoms with Gasteiger partial charge in [-0.25, -0.2) is 0 Å². The fourth-order valence-electron chi connectivity index (χ4n) is 4.34. The van der Waals surface area contributed by atoms with E-state index in [4.69, 9.17) is 4.74 Å². The second kappa shape index (κ2) is 9.41. The van der Waals surface area contributed by atoms with Crippen LogP contribution in [-0.4, -0.2) is 74.1 Å². The molecule has 1 aliphatic carbocycles. The van der Waals surface area contributed by atoms with Crippen LogP contribution in [0.4, 0.5) is 0 Å². The van der Waals surface area contributed by atoms with E-state index < -0.39 is 0 Å². The van der Waals surface area contributed by atoms with Crippen LogP contribution in [0.25, 0.3) is 0 Å². The summed E-state index contributed by atoms with van der Waals surface area (Å²) in [4.78, 5) is 21.1. The lowest BCUT2D eigenvalue weighted by molar-refractivity contribution is -0.142. The first-order valence-electron chi connectivity index (χ1n) is 10.1. The van der Waals surface area contributed by atoms with Gasteiger partial charge < -0.3 is 19.9 Å². The third-order valence-corrected chi connectivity index (χ3v) is 5.85. The maximum Gasteiger partial charge on any atom is 0.251 e. The second-order valence-corrected chi connectivity index (χ2v) is 7.58. The van der Waals surface area contributed by atoms with Crippen LogP contribution in [0.3, 0.4) is 0 Å². The number of guanidine groups is 1. The molecule has 1 atom stereocenters. The van der Waals surface area contributed by atoms with Crippen molar-refractivity contribution in [1.82, 2.24) is 15.1 Å². The van der Waals surface area contributed by atoms with Gasteiger partial charge in [-0.15, -0.1) is 0 Å². The lowest BCUT2D eigenvalue weighted by Crippen LogP contribution is -2.55. The minimum Gasteiger partial charge on any atom is -0.368 e. The van der Waals surface area contributed by atoms with Gasteiger partial charge in [-0.1, -0.05) is 25.7 Å². The number of rotatable bonds is 5. The zero-order valence-corrected chi connectivity index (χ0v) is 15.7. The minimum absolute atomic E-state index is 0.177. The molecule has 1 unspecified atom stereocenters. The molecular weight excluding hydrogens is 316 g/mol. The van der Waals surface area contributed by atoms with E-state index in [1.54, 1.807) is 0 Å². The SMILES string of the molecule is CN=C(NCCCC1CCCC1)N1CCN(C(=O)C2CCCO2)CC1. The first-order chi connectivity index (χ1) is 12.3. The monoisotopic (exact) mass is 350 g/mol. The molecule has 1 N–H and O–H groups in total. The molecule has 3 fully saturated rings. The van der Waals surface area contributed by atoms with Crippen LogP contribution in [-0.2, 0) is 9.53 Å². The third kappa shape index (κ3) is 5.09. The molecule has 0 aromatic rings. The molecule has 2 aliphatic heterocycles. The Morgan fingerprint density at radius 2 is 1.80 bits per heavy atom. The standard InChI is InChI=1S/C19H34N4O2/c1-20-19(21-10-4-8-16-6-2-3-7-16)23-13-11-22(12-14-23)18(24)17-9-5-15-25-17/h16-17H,2-15H2,1H3,(H,20,21). The summed E-state index contributed by atoms with van der Waals surface area (Å²) in [5, 5.41) is 3.51. The molecule has 0 bridgehead atoms. The fourth-order valence-corrected chi connectivity index (χ4v) is 4.34. The van der Waals surface area contributed by atoms with E-state index in [9.17, 15) is 4.79 Å². The molecular formula is C19H34N4O2. The molecule has 6 heteroatoms. The quantitative estimate of drug-likeness (QED) is 0.467. The molecule has 2 heterocycles. The molecule has 1 amide bonds. The summed E-state index contributed by atoms with van der Waals surface area (Å²) in [5.74, 6) is 2.11. The minimum atomic E-state index is -0.195. The van der Waals surface area contributed by atoms with Gasteiger partial charge in [0.1, 0.15) is 6.10 Å². The molecule has 0 aromatic carbocycles. The van der Waals surface area contributed by atoms with Crippen molar-refractivity contribution in [3.63, 3.8) is 0 Å². The number of hydrogen-bond donors (Lipinski definition) is 1. The number of amides is 1. The smallest absolute Gasteiger partial charge is 0.251 e. The van der Waals surface area contributed by atoms with Crippen LogP contribution in [0.2, 0.25) is 0 Å². The molecule has 2 saturated heterocycles. The van der Waals surface area contributed by atoms with Crippen LogP contribution in [0.5, 0.6) is 0 Å². The normalized spacial score (nSPS) is 25.6. The van der Waals surface area contributed by atoms with Gasteiger partial charge in [-0.2, -0.15) is 0 Å². The van der Waals surface area contributed by atoms with E-state index in [0.717, 1.165) is 64.0 Å². The predicted octanol–water partition coefficient (Wildman–Crippen LogP) is 1.86. The predicted molar refractivity (Wildman–Crippen MR) is 99.7 cm³/mol. The molecule has 0 radical (unpaired) electrons. The molecule has 6 nitrogen and oxygen atoms in total. The van der Waals surface area contributed by atoms with Crippen molar-refractivity contribution in [3.8, 4) is 0 Å². The van der Waals surface area contributed by atoms with Gasteiger partial charge in [0.15, 0.2) is 5.96 Å². The zero-order valence-electron chi connectivity index (χ0n) is 15.7. The van der Waals surface area contributed by atoms with Crippen molar-refractivity contribution in [2.75, 3.05) is 46.4 Å². The van der Waals surface area contributed by atoms with Gasteiger partial charge in [0, 0.05) is 46.4 Å². The van der Waals surface area contributed by atoms with Crippen molar-refractivity contribution in [1.29, 1.82) is 0 Å². The highest BCUT2D eigenvalue weighted by Crippen LogP contribution is 2.28. The number of piperazine rings is 1. The maximum absolute atomic E-state index is 12.4. The van der Waals surface area contributed by atoms with Crippen molar-refractivity contribution in [2.45, 2.75) is 57.5 Å². The van der Waals surface area contributed by atoms with Gasteiger partial charge in [-0.3, -0.25) is 9.79 Å². The molecule has 0 spiro atoms. The fraction of sp³-hybridized carbons (Fsp3) is 0.895. The summed E-state index contributed by atoms with van der Waals surface area (Å²) >= 11 is 0. The number of aliphatic imine (C=N–C) groups is 1. The summed E-state index contributed by atoms with van der Waals surface area (Å²) in [6.45, 7) is 4.95. The van der Waals surface area contributed by atoms with E-state index in [1.165, 1.54) is 38.5 Å². The molecule has 1 saturated carbocycles. The van der Waals surface area contributed by atoms with E-state index in [0.29, 0.717) is 0 Å². The summed E-state index contributed by atoms with van der Waals surface area (Å²) in [7, 11) is 1.85. The Hall–Kier alpha value is -1.30. The van der Waals surface area contributed by atoms with Crippen LogP contribution >= 0.6 is 0 Å². The molecule has 0 aromatic heterocycles. The molecule has 142 valence electrons. The second-order valence-electron chi connectivity index (χ2n) is 7.58. The highest BCUT2D eigenvalue weighted by Gasteiger charge is 2.30. The Balaban J connectivity index is 1.35. The largest absolute Gasteiger partial charge is 0.368 e. The average molecular weight is 351 g/mol. The summed E-state index contributed by atoms with van der Waals surface area (Å²) < 4.78 is 5.53. The lowest BCUT2D eigenvalue weighted by atomic mass is 10.0. The number of nitrogens with one attached hydrogen (secondary N) is 1. The number of carbonyl (C=O) groups excluding carboxylic acids is 1. The number of hydrogen-bond acceptors (Lipinski definition) is 3. The Morgan fingerprint density at radius 3 is 2.44 bits per heavy atom. The van der Waals surface area contributed by atoms with E-state index >= 15 is 0 Å². The Labute approximate surface area is 152 Å². The van der Waals surface area contributed by atoms with Gasteiger partial charge in [0.05, 0.1) is 0 Å². The number of ether oxygens (including phenoxy) is 1. The molecule has 3 aliphatic rings. The molecule has 25 heavy (non-hydrogen) atoms. The van der Waals surface area contributed by atoms with Gasteiger partial charge >= 0.3 is 0 Å². The Bertz CT molecular complexity index is 448. The highest BCUT2D eigenvalue weighted by molar-refractivity contribution is 5.82. The van der Waals surface area contributed by atoms with Crippen LogP contribution < -0.4 is 5.32 Å². The summed E-state index contributed by atoms with van der Waals surface area (Å²) in [6, 6.07) is 0. The molecule has 3 rings (SSSR count). The number of nitrogens with zero attached hydrogens (tertiary/aromatic N) is 3. The van der Waals surface area contributed by atoms with Gasteiger partial charge in [0.2, 0.25) is 0 Å². The highest BCUT2D eigenvalue weighted by atomic mass is 16.5. The lowest BCUT2D eigenvalue weighted by Gasteiger charge is -2.37. The summed E-state index contributed by atoms with van der Waals surface area (Å²) in [5.41, 5.74) is 0. The van der Waals surface area contributed by atoms with Crippen LogP contribution in [0, 0.1) is 5.92 Å². The van der Waals surface area contributed by atoms with Gasteiger partial charge in [-0.05, 0) is 31.6 Å². The summed E-state index contributed by atoms with van der Waals surface area (Å²) in [6.07, 6.45) is 9.96. The zero-order chi connectivity index (χ0) is 17.5. The van der Waals surface area contributed by atoms with Crippen molar-refractivity contribution >= 4 is 11.9 Å². The van der Waals surface area contributed by atoms with Crippen molar-refractivity contribution in [2.24, 2.45) is 10.9 Å².